The maximum Gasteiger partial charge on any atom is 0.152 e. The maximum absolute atomic E-state index is 5.65. The van der Waals surface area contributed by atoms with Gasteiger partial charge in [-0.1, -0.05) is 6.07 Å². The lowest BCUT2D eigenvalue weighted by Crippen LogP contribution is -1.96. The molecular weight excluding hydrogens is 232 g/mol. The average Bonchev–Trinajstić information content (AvgIpc) is 2.97. The van der Waals surface area contributed by atoms with E-state index in [0.29, 0.717) is 6.54 Å². The third-order valence-corrected chi connectivity index (χ3v) is 3.60. The van der Waals surface area contributed by atoms with Gasteiger partial charge in [-0.05, 0) is 17.7 Å². The Balaban J connectivity index is 2.25. The van der Waals surface area contributed by atoms with E-state index in [1.807, 2.05) is 30.9 Å². The predicted octanol–water partition coefficient (Wildman–Crippen LogP) is 2.16. The molecule has 3 aromatic rings. The first-order valence-electron chi connectivity index (χ1n) is 5.34. The highest BCUT2D eigenvalue weighted by atomic mass is 32.1. The molecule has 0 aliphatic carbocycles. The molecule has 4 nitrogen and oxygen atoms in total. The first-order chi connectivity index (χ1) is 8.29. The van der Waals surface area contributed by atoms with Gasteiger partial charge in [-0.2, -0.15) is 0 Å². The third kappa shape index (κ3) is 1.64. The zero-order valence-corrected chi connectivity index (χ0v) is 10.2. The molecule has 0 amide bonds. The van der Waals surface area contributed by atoms with Crippen LogP contribution in [0, 0.1) is 0 Å². The molecule has 0 atom stereocenters. The van der Waals surface area contributed by atoms with Crippen LogP contribution in [0.15, 0.2) is 29.9 Å². The molecule has 0 saturated carbocycles. The molecule has 0 radical (unpaired) electrons. The van der Waals surface area contributed by atoms with Crippen LogP contribution in [-0.4, -0.2) is 14.5 Å². The van der Waals surface area contributed by atoms with Gasteiger partial charge in [-0.3, -0.25) is 4.98 Å². The summed E-state index contributed by atoms with van der Waals surface area (Å²) in [6, 6.07) is 6.13. The van der Waals surface area contributed by atoms with E-state index < -0.39 is 0 Å². The van der Waals surface area contributed by atoms with Crippen LogP contribution in [0.4, 0.5) is 0 Å². The number of hydrogen-bond acceptors (Lipinski definition) is 4. The Hall–Kier alpha value is -1.72. The monoisotopic (exact) mass is 244 g/mol. The molecule has 2 N–H and O–H groups in total. The average molecular weight is 244 g/mol. The van der Waals surface area contributed by atoms with E-state index in [1.165, 1.54) is 0 Å². The SMILES string of the molecule is Cn1c(-c2cncs2)nc2ccc(CN)cc21. The molecule has 0 unspecified atom stereocenters. The number of imidazole rings is 1. The van der Waals surface area contributed by atoms with Crippen LogP contribution in [-0.2, 0) is 13.6 Å². The second-order valence-corrected chi connectivity index (χ2v) is 4.77. The Kier molecular flexibility index (Phi) is 2.42. The normalized spacial score (nSPS) is 11.2. The van der Waals surface area contributed by atoms with Crippen molar-refractivity contribution in [2.45, 2.75) is 6.54 Å². The number of fused-ring (bicyclic) bond motifs is 1. The van der Waals surface area contributed by atoms with E-state index >= 15 is 0 Å². The van der Waals surface area contributed by atoms with E-state index in [9.17, 15) is 0 Å². The Morgan fingerprint density at radius 1 is 1.41 bits per heavy atom. The second-order valence-electron chi connectivity index (χ2n) is 3.89. The van der Waals surface area contributed by atoms with Gasteiger partial charge in [0.2, 0.25) is 0 Å². The van der Waals surface area contributed by atoms with E-state index in [1.54, 1.807) is 11.3 Å². The summed E-state index contributed by atoms with van der Waals surface area (Å²) in [4.78, 5) is 9.79. The molecule has 2 aromatic heterocycles. The largest absolute Gasteiger partial charge is 0.326 e. The topological polar surface area (TPSA) is 56.7 Å². The van der Waals surface area contributed by atoms with Gasteiger partial charge in [0, 0.05) is 19.8 Å². The zero-order chi connectivity index (χ0) is 11.8. The molecule has 0 bridgehead atoms. The Morgan fingerprint density at radius 3 is 3.00 bits per heavy atom. The standard InChI is InChI=1S/C12H12N4S/c1-16-10-4-8(5-13)2-3-9(10)15-12(16)11-6-14-7-17-11/h2-4,6-7H,5,13H2,1H3. The smallest absolute Gasteiger partial charge is 0.152 e. The minimum atomic E-state index is 0.553. The number of nitrogens with zero attached hydrogens (tertiary/aromatic N) is 3. The van der Waals surface area contributed by atoms with Gasteiger partial charge in [0.15, 0.2) is 5.82 Å². The van der Waals surface area contributed by atoms with Crippen molar-refractivity contribution in [1.29, 1.82) is 0 Å². The van der Waals surface area contributed by atoms with E-state index in [0.717, 1.165) is 27.3 Å². The molecular formula is C12H12N4S. The van der Waals surface area contributed by atoms with Crippen molar-refractivity contribution in [3.05, 3.63) is 35.5 Å². The Morgan fingerprint density at radius 2 is 2.29 bits per heavy atom. The fraction of sp³-hybridized carbons (Fsp3) is 0.167. The van der Waals surface area contributed by atoms with Crippen molar-refractivity contribution >= 4 is 22.4 Å². The van der Waals surface area contributed by atoms with Gasteiger partial charge in [-0.25, -0.2) is 4.98 Å². The zero-order valence-electron chi connectivity index (χ0n) is 9.42. The van der Waals surface area contributed by atoms with E-state index in [-0.39, 0.29) is 0 Å². The molecule has 86 valence electrons. The van der Waals surface area contributed by atoms with Crippen molar-refractivity contribution in [3.63, 3.8) is 0 Å². The summed E-state index contributed by atoms with van der Waals surface area (Å²) < 4.78 is 2.09. The summed E-state index contributed by atoms with van der Waals surface area (Å²) in [5.74, 6) is 0.955. The number of hydrogen-bond donors (Lipinski definition) is 1. The second kappa shape index (κ2) is 3.94. The first kappa shape index (κ1) is 10.4. The molecule has 17 heavy (non-hydrogen) atoms. The third-order valence-electron chi connectivity index (χ3n) is 2.83. The van der Waals surface area contributed by atoms with Crippen LogP contribution < -0.4 is 5.73 Å². The van der Waals surface area contributed by atoms with Gasteiger partial charge >= 0.3 is 0 Å². The number of benzene rings is 1. The highest BCUT2D eigenvalue weighted by Gasteiger charge is 2.11. The molecule has 3 rings (SSSR count). The fourth-order valence-electron chi connectivity index (χ4n) is 1.91. The summed E-state index contributed by atoms with van der Waals surface area (Å²) in [7, 11) is 2.02. The van der Waals surface area contributed by atoms with Gasteiger partial charge in [0.05, 0.1) is 21.4 Å². The van der Waals surface area contributed by atoms with E-state index in [4.69, 9.17) is 5.73 Å². The van der Waals surface area contributed by atoms with E-state index in [2.05, 4.69) is 20.6 Å². The molecule has 0 spiro atoms. The van der Waals surface area contributed by atoms with Crippen molar-refractivity contribution < 1.29 is 0 Å². The maximum atomic E-state index is 5.65. The van der Waals surface area contributed by atoms with Crippen LogP contribution >= 0.6 is 11.3 Å². The summed E-state index contributed by atoms with van der Waals surface area (Å²) in [6.07, 6.45) is 1.84. The molecule has 0 fully saturated rings. The lowest BCUT2D eigenvalue weighted by atomic mass is 10.2. The molecule has 0 aliphatic heterocycles. The van der Waals surface area contributed by atoms with Gasteiger partial charge in [-0.15, -0.1) is 11.3 Å². The number of aromatic nitrogens is 3. The van der Waals surface area contributed by atoms with Crippen LogP contribution in [0.2, 0.25) is 0 Å². The van der Waals surface area contributed by atoms with Crippen molar-refractivity contribution in [2.24, 2.45) is 12.8 Å². The Labute approximate surface area is 103 Å². The van der Waals surface area contributed by atoms with Crippen LogP contribution in [0.3, 0.4) is 0 Å². The van der Waals surface area contributed by atoms with Crippen LogP contribution in [0.1, 0.15) is 5.56 Å². The van der Waals surface area contributed by atoms with Crippen molar-refractivity contribution in [1.82, 2.24) is 14.5 Å². The number of nitrogens with two attached hydrogens (primary N) is 1. The number of aryl methyl sites for hydroxylation is 1. The van der Waals surface area contributed by atoms with Gasteiger partial charge in [0.25, 0.3) is 0 Å². The highest BCUT2D eigenvalue weighted by Crippen LogP contribution is 2.26. The van der Waals surface area contributed by atoms with Crippen LogP contribution in [0.25, 0.3) is 21.7 Å². The minimum absolute atomic E-state index is 0.553. The Bertz CT molecular complexity index is 655. The molecule has 5 heteroatoms. The fourth-order valence-corrected chi connectivity index (χ4v) is 2.55. The minimum Gasteiger partial charge on any atom is -0.326 e. The van der Waals surface area contributed by atoms with Crippen LogP contribution in [0.5, 0.6) is 0 Å². The highest BCUT2D eigenvalue weighted by molar-refractivity contribution is 7.13. The first-order valence-corrected chi connectivity index (χ1v) is 6.22. The summed E-state index contributed by atoms with van der Waals surface area (Å²) in [5, 5.41) is 0. The van der Waals surface area contributed by atoms with Gasteiger partial charge in [0.1, 0.15) is 0 Å². The quantitative estimate of drug-likeness (QED) is 0.751. The number of rotatable bonds is 2. The van der Waals surface area contributed by atoms with Gasteiger partial charge < -0.3 is 10.3 Å². The van der Waals surface area contributed by atoms with Crippen molar-refractivity contribution in [3.8, 4) is 10.7 Å². The molecule has 2 heterocycles. The lowest BCUT2D eigenvalue weighted by Gasteiger charge is -2.00. The predicted molar refractivity (Wildman–Crippen MR) is 69.7 cm³/mol. The lowest BCUT2D eigenvalue weighted by molar-refractivity contribution is 0.959. The summed E-state index contributed by atoms with van der Waals surface area (Å²) in [5.41, 5.74) is 10.7. The molecule has 0 aliphatic rings. The summed E-state index contributed by atoms with van der Waals surface area (Å²) >= 11 is 1.60. The molecule has 1 aromatic carbocycles. The van der Waals surface area contributed by atoms with Crippen molar-refractivity contribution in [2.75, 3.05) is 0 Å². The summed E-state index contributed by atoms with van der Waals surface area (Å²) in [6.45, 7) is 0.553. The number of thiazole rings is 1. The molecule has 0 saturated heterocycles.